The monoisotopic (exact) mass is 1440 g/mol. The molecule has 3 N–H and O–H groups in total. The Hall–Kier alpha value is -11.0. The molecule has 0 saturated heterocycles. The summed E-state index contributed by atoms with van der Waals surface area (Å²) in [7, 11) is 0. The number of rotatable bonds is 24. The molecule has 5 amide bonds. The molecular formula is C85H101N11O10+2. The zero-order valence-corrected chi connectivity index (χ0v) is 64.2. The van der Waals surface area contributed by atoms with Crippen LogP contribution in [0.5, 0.6) is 0 Å². The number of para-hydroxylation sites is 2. The van der Waals surface area contributed by atoms with Gasteiger partial charge in [-0.3, -0.25) is 40.0 Å². The molecule has 0 radical (unpaired) electrons. The SMILES string of the molecule is Cc1cc2nc3cc(C)c(N(CCCCCCCC(=O)c4ccc(-c5ccc(C(=O)NCCCCCCN(C(=O)OC(C)(C)C)c6cc7c(cc6C)nc6cc(C)c(NC(=O)OC(C)(C)C)cc6[n+]7-c6ccccc6)cn5)nc4)C(=O)OC(C)(C)C)cc3[n+](-c3ccccc3)c2cc1NC(=O)OC(C)(C)C. The van der Waals surface area contributed by atoms with Gasteiger partial charge >= 0.3 is 24.4 Å². The van der Waals surface area contributed by atoms with E-state index in [1.807, 2.05) is 220 Å². The largest absolute Gasteiger partial charge is 0.444 e. The molecule has 21 heteroatoms. The van der Waals surface area contributed by atoms with Crippen molar-refractivity contribution in [2.24, 2.45) is 0 Å². The van der Waals surface area contributed by atoms with Gasteiger partial charge < -0.3 is 24.3 Å². The van der Waals surface area contributed by atoms with E-state index in [0.29, 0.717) is 97.0 Å². The van der Waals surface area contributed by atoms with Crippen molar-refractivity contribution in [3.05, 3.63) is 179 Å². The standard InChI is InChI=1S/C85H99N11O10/c1-54-44-66-72(48-64(54)91-78(99)103-82(5,6)7)95(60-32-24-22-25-33-60)74-50-70(56(3)46-68(74)89-66)93(80(101)105-84(11,12)13)42-30-20-17-18-28-36-76(97)58-37-39-62(87-52-58)63-40-38-59(53-88-63)77(98)86-41-29-19-21-31-43-94(81(102)106-85(14,15)16)71-51-75-69(47-57(71)4)90-67-45-55(2)65(92-79(100)104-83(8,9)10)49-73(67)96(75)61-34-26-23-27-35-61/h22-27,32-35,37-40,44-53H,17-21,28-31,36,41-43H2,1-16H3,(H,86,98)/p+2. The highest BCUT2D eigenvalue weighted by Gasteiger charge is 2.32. The number of fused-ring (bicyclic) bond motifs is 4. The fraction of sp³-hybridized carbons (Fsp3) is 0.388. The zero-order chi connectivity index (χ0) is 76.4. The number of anilines is 4. The van der Waals surface area contributed by atoms with Gasteiger partial charge in [-0.15, -0.1) is 9.13 Å². The lowest BCUT2D eigenvalue weighted by Crippen LogP contribution is -2.38. The van der Waals surface area contributed by atoms with Crippen molar-refractivity contribution in [1.29, 1.82) is 0 Å². The Morgan fingerprint density at radius 2 is 0.774 bits per heavy atom. The Kier molecular flexibility index (Phi) is 24.2. The molecular weight excluding hydrogens is 1340 g/mol. The number of unbranched alkanes of at least 4 members (excludes halogenated alkanes) is 7. The highest BCUT2D eigenvalue weighted by Crippen LogP contribution is 2.34. The van der Waals surface area contributed by atoms with Crippen molar-refractivity contribution < 1.29 is 56.8 Å². The van der Waals surface area contributed by atoms with Gasteiger partial charge in [-0.2, -0.15) is 0 Å². The maximum atomic E-state index is 14.2. The summed E-state index contributed by atoms with van der Waals surface area (Å²) in [5.74, 6) is -0.252. The Balaban J connectivity index is 0.707. The van der Waals surface area contributed by atoms with Crippen molar-refractivity contribution in [1.82, 2.24) is 25.3 Å². The van der Waals surface area contributed by atoms with Gasteiger partial charge in [0.2, 0.25) is 33.4 Å². The number of ketones is 1. The third-order valence-electron chi connectivity index (χ3n) is 17.5. The molecule has 106 heavy (non-hydrogen) atoms. The number of pyridine rings is 2. The van der Waals surface area contributed by atoms with Crippen LogP contribution in [0.4, 0.5) is 41.9 Å². The minimum atomic E-state index is -0.752. The third-order valence-corrected chi connectivity index (χ3v) is 17.5. The number of aryl methyl sites for hydroxylation is 4. The van der Waals surface area contributed by atoms with Crippen molar-refractivity contribution in [3.8, 4) is 22.8 Å². The van der Waals surface area contributed by atoms with Gasteiger partial charge in [0.15, 0.2) is 5.78 Å². The number of nitrogens with zero attached hydrogens (tertiary/aromatic N) is 8. The van der Waals surface area contributed by atoms with E-state index in [9.17, 15) is 28.8 Å². The van der Waals surface area contributed by atoms with Gasteiger partial charge in [-0.25, -0.2) is 29.1 Å². The van der Waals surface area contributed by atoms with Crippen molar-refractivity contribution in [2.75, 3.05) is 40.1 Å². The highest BCUT2D eigenvalue weighted by atomic mass is 16.6. The summed E-state index contributed by atoms with van der Waals surface area (Å²) < 4.78 is 27.5. The fourth-order valence-electron chi connectivity index (χ4n) is 12.6. The molecule has 6 aromatic carbocycles. The number of nitrogens with one attached hydrogen (secondary N) is 3. The summed E-state index contributed by atoms with van der Waals surface area (Å²) >= 11 is 0. The molecule has 21 nitrogen and oxygen atoms in total. The predicted molar refractivity (Wildman–Crippen MR) is 418 cm³/mol. The summed E-state index contributed by atoms with van der Waals surface area (Å²) in [6.07, 6.45) is 8.26. The van der Waals surface area contributed by atoms with E-state index >= 15 is 0 Å². The summed E-state index contributed by atoms with van der Waals surface area (Å²) in [5.41, 5.74) is 12.7. The van der Waals surface area contributed by atoms with Crippen LogP contribution in [0.25, 0.3) is 66.9 Å². The first-order valence-electron chi connectivity index (χ1n) is 36.6. The van der Waals surface area contributed by atoms with Gasteiger partial charge in [0, 0.05) is 92.5 Å². The molecule has 0 atom stereocenters. The Morgan fingerprint density at radius 3 is 1.17 bits per heavy atom. The Bertz CT molecular complexity index is 4580. The Labute approximate surface area is 621 Å². The highest BCUT2D eigenvalue weighted by molar-refractivity contribution is 5.98. The normalized spacial score (nSPS) is 11.9. The second-order valence-electron chi connectivity index (χ2n) is 31.1. The topological polar surface area (TPSA) is 241 Å². The van der Waals surface area contributed by atoms with Gasteiger partial charge in [-0.05, 0) is 207 Å². The molecule has 10 aromatic rings. The van der Waals surface area contributed by atoms with Crippen molar-refractivity contribution >= 4 is 103 Å². The minimum Gasteiger partial charge on any atom is -0.444 e. The second-order valence-corrected chi connectivity index (χ2v) is 31.1. The number of amides is 5. The summed E-state index contributed by atoms with van der Waals surface area (Å²) in [6.45, 7) is 31.1. The summed E-state index contributed by atoms with van der Waals surface area (Å²) in [4.78, 5) is 104. The number of ether oxygens (including phenoxy) is 4. The van der Waals surface area contributed by atoms with Crippen LogP contribution in [0.2, 0.25) is 0 Å². The molecule has 0 aliphatic heterocycles. The predicted octanol–water partition coefficient (Wildman–Crippen LogP) is 18.7. The first kappa shape index (κ1) is 77.6. The number of hydrogen-bond acceptors (Lipinski definition) is 14. The van der Waals surface area contributed by atoms with Gasteiger partial charge in [-0.1, -0.05) is 68.5 Å². The van der Waals surface area contributed by atoms with Crippen LogP contribution in [0.3, 0.4) is 0 Å². The first-order chi connectivity index (χ1) is 50.2. The van der Waals surface area contributed by atoms with Crippen molar-refractivity contribution in [2.45, 2.75) is 197 Å². The van der Waals surface area contributed by atoms with Crippen LogP contribution < -0.4 is 34.9 Å². The molecule has 0 aliphatic carbocycles. The molecule has 4 aromatic heterocycles. The lowest BCUT2D eigenvalue weighted by atomic mass is 10.0. The molecule has 0 saturated carbocycles. The second kappa shape index (κ2) is 33.0. The smallest absolute Gasteiger partial charge is 0.414 e. The van der Waals surface area contributed by atoms with E-state index in [2.05, 4.69) is 35.1 Å². The van der Waals surface area contributed by atoms with Gasteiger partial charge in [0.05, 0.1) is 39.7 Å². The molecule has 10 rings (SSSR count). The van der Waals surface area contributed by atoms with E-state index in [-0.39, 0.29) is 11.7 Å². The number of aromatic nitrogens is 6. The fourth-order valence-corrected chi connectivity index (χ4v) is 12.6. The van der Waals surface area contributed by atoms with E-state index in [0.717, 1.165) is 110 Å². The van der Waals surface area contributed by atoms with Crippen LogP contribution in [0, 0.1) is 27.7 Å². The number of carbonyl (C=O) groups excluding carboxylic acids is 6. The first-order valence-corrected chi connectivity index (χ1v) is 36.6. The average Bonchev–Trinajstić information content (AvgIpc) is 0.747. The maximum Gasteiger partial charge on any atom is 0.414 e. The van der Waals surface area contributed by atoms with Crippen LogP contribution in [-0.2, 0) is 18.9 Å². The molecule has 4 heterocycles. The lowest BCUT2D eigenvalue weighted by Gasteiger charge is -2.28. The molecule has 0 fully saturated rings. The molecule has 0 bridgehead atoms. The van der Waals surface area contributed by atoms with E-state index in [1.54, 1.807) is 40.3 Å². The van der Waals surface area contributed by atoms with Crippen LogP contribution in [0.1, 0.15) is 190 Å². The average molecular weight is 1440 g/mol. The molecule has 0 spiro atoms. The van der Waals surface area contributed by atoms with Crippen LogP contribution in [-0.4, -0.2) is 98.0 Å². The number of hydrogen-bond donors (Lipinski definition) is 3. The van der Waals surface area contributed by atoms with Crippen LogP contribution in [0.15, 0.2) is 146 Å². The number of benzene rings is 6. The molecule has 0 unspecified atom stereocenters. The van der Waals surface area contributed by atoms with Crippen molar-refractivity contribution in [3.63, 3.8) is 0 Å². The van der Waals surface area contributed by atoms with E-state index in [1.165, 1.54) is 6.20 Å². The zero-order valence-electron chi connectivity index (χ0n) is 64.2. The van der Waals surface area contributed by atoms with E-state index < -0.39 is 46.8 Å². The maximum absolute atomic E-state index is 14.2. The minimum absolute atomic E-state index is 0.00535. The van der Waals surface area contributed by atoms with E-state index in [4.69, 9.17) is 28.9 Å². The number of carbonyl (C=O) groups is 6. The molecule has 0 aliphatic rings. The lowest BCUT2D eigenvalue weighted by molar-refractivity contribution is -0.538. The quantitative estimate of drug-likeness (QED) is 0.0168. The summed E-state index contributed by atoms with van der Waals surface area (Å²) in [5, 5.41) is 8.90. The van der Waals surface area contributed by atoms with Gasteiger partial charge in [0.25, 0.3) is 5.91 Å². The van der Waals surface area contributed by atoms with Crippen LogP contribution >= 0.6 is 0 Å². The number of Topliss-reactive ketones (excluding diaryl/α,β-unsaturated/α-hetero) is 1. The molecule has 554 valence electrons. The third kappa shape index (κ3) is 20.3. The Morgan fingerprint density at radius 1 is 0.406 bits per heavy atom. The van der Waals surface area contributed by atoms with Gasteiger partial charge in [0.1, 0.15) is 44.5 Å². The summed E-state index contributed by atoms with van der Waals surface area (Å²) in [6, 6.07) is 42.5.